The molecule has 2 bridgehead atoms. The molecular weight excluding hydrogens is 225 g/mol. The Morgan fingerprint density at radius 3 is 2.61 bits per heavy atom. The summed E-state index contributed by atoms with van der Waals surface area (Å²) in [6.45, 7) is 3.22. The number of nitrogens with one attached hydrogen (secondary N) is 1. The Bertz CT molecular complexity index is 437. The summed E-state index contributed by atoms with van der Waals surface area (Å²) in [6, 6.07) is 7.11. The average Bonchev–Trinajstić information content (AvgIpc) is 2.99. The fraction of sp³-hybridized carbons (Fsp3) is 0.500. The van der Waals surface area contributed by atoms with Crippen LogP contribution >= 0.6 is 0 Å². The molecule has 1 N–H and O–H groups in total. The second kappa shape index (κ2) is 4.85. The molecule has 2 aliphatic rings. The van der Waals surface area contributed by atoms with Crippen LogP contribution in [0.1, 0.15) is 31.4 Å². The molecule has 0 saturated heterocycles. The summed E-state index contributed by atoms with van der Waals surface area (Å²) in [7, 11) is 0. The number of allylic oxidation sites excluding steroid dienone is 2. The van der Waals surface area contributed by atoms with E-state index in [9.17, 15) is 4.39 Å². The van der Waals surface area contributed by atoms with Crippen molar-refractivity contribution >= 4 is 0 Å². The van der Waals surface area contributed by atoms with Crippen LogP contribution in [-0.2, 0) is 0 Å². The molecule has 1 fully saturated rings. The van der Waals surface area contributed by atoms with Crippen LogP contribution in [0.2, 0.25) is 0 Å². The Morgan fingerprint density at radius 1 is 1.22 bits per heavy atom. The Kier molecular flexibility index (Phi) is 3.21. The quantitative estimate of drug-likeness (QED) is 0.798. The summed E-state index contributed by atoms with van der Waals surface area (Å²) in [5.41, 5.74) is 1.16. The van der Waals surface area contributed by atoms with E-state index in [1.807, 2.05) is 12.1 Å². The van der Waals surface area contributed by atoms with Gasteiger partial charge in [0, 0.05) is 6.04 Å². The molecule has 1 aromatic rings. The van der Waals surface area contributed by atoms with Gasteiger partial charge in [0.25, 0.3) is 0 Å². The first-order chi connectivity index (χ1) is 8.72. The fourth-order valence-electron chi connectivity index (χ4n) is 3.33. The average molecular weight is 245 g/mol. The normalized spacial score (nSPS) is 30.9. The van der Waals surface area contributed by atoms with Gasteiger partial charge in [-0.1, -0.05) is 24.3 Å². The molecule has 0 spiro atoms. The minimum absolute atomic E-state index is 0.163. The zero-order valence-corrected chi connectivity index (χ0v) is 10.8. The predicted molar refractivity (Wildman–Crippen MR) is 71.7 cm³/mol. The van der Waals surface area contributed by atoms with Gasteiger partial charge in [-0.15, -0.1) is 0 Å². The summed E-state index contributed by atoms with van der Waals surface area (Å²) < 4.78 is 12.9. The lowest BCUT2D eigenvalue weighted by molar-refractivity contribution is 0.393. The molecule has 3 rings (SSSR count). The van der Waals surface area contributed by atoms with E-state index < -0.39 is 0 Å². The van der Waals surface area contributed by atoms with Crippen LogP contribution < -0.4 is 5.32 Å². The second-order valence-corrected chi connectivity index (χ2v) is 5.72. The smallest absolute Gasteiger partial charge is 0.123 e. The van der Waals surface area contributed by atoms with E-state index in [4.69, 9.17) is 0 Å². The summed E-state index contributed by atoms with van der Waals surface area (Å²) in [5.74, 6) is 2.26. The van der Waals surface area contributed by atoms with Gasteiger partial charge in [-0.2, -0.15) is 0 Å². The summed E-state index contributed by atoms with van der Waals surface area (Å²) >= 11 is 0. The highest BCUT2D eigenvalue weighted by molar-refractivity contribution is 5.19. The van der Waals surface area contributed by atoms with Crippen LogP contribution in [0.3, 0.4) is 0 Å². The van der Waals surface area contributed by atoms with E-state index in [0.717, 1.165) is 29.9 Å². The van der Waals surface area contributed by atoms with Gasteiger partial charge in [0.2, 0.25) is 0 Å². The van der Waals surface area contributed by atoms with Crippen molar-refractivity contribution in [1.29, 1.82) is 0 Å². The van der Waals surface area contributed by atoms with E-state index in [0.29, 0.717) is 6.04 Å². The monoisotopic (exact) mass is 245 g/mol. The zero-order valence-electron chi connectivity index (χ0n) is 10.8. The molecule has 2 heteroatoms. The van der Waals surface area contributed by atoms with Crippen molar-refractivity contribution in [1.82, 2.24) is 5.32 Å². The van der Waals surface area contributed by atoms with E-state index in [2.05, 4.69) is 24.4 Å². The number of fused-ring (bicyclic) bond motifs is 2. The van der Waals surface area contributed by atoms with Crippen molar-refractivity contribution in [2.45, 2.75) is 25.8 Å². The van der Waals surface area contributed by atoms with Crippen molar-refractivity contribution in [3.8, 4) is 0 Å². The number of hydrogen-bond acceptors (Lipinski definition) is 1. The Hall–Kier alpha value is -1.15. The minimum Gasteiger partial charge on any atom is -0.310 e. The van der Waals surface area contributed by atoms with E-state index in [-0.39, 0.29) is 5.82 Å². The zero-order chi connectivity index (χ0) is 12.5. The van der Waals surface area contributed by atoms with Gasteiger partial charge in [0.05, 0.1) is 0 Å². The van der Waals surface area contributed by atoms with Crippen LogP contribution in [0.15, 0.2) is 36.4 Å². The van der Waals surface area contributed by atoms with E-state index in [1.54, 1.807) is 0 Å². The van der Waals surface area contributed by atoms with E-state index in [1.165, 1.54) is 25.0 Å². The summed E-state index contributed by atoms with van der Waals surface area (Å²) in [5, 5.41) is 3.59. The third-order valence-electron chi connectivity index (χ3n) is 4.47. The maximum atomic E-state index is 12.9. The third-order valence-corrected chi connectivity index (χ3v) is 4.47. The van der Waals surface area contributed by atoms with Gasteiger partial charge in [-0.25, -0.2) is 4.39 Å². The van der Waals surface area contributed by atoms with Crippen molar-refractivity contribution < 1.29 is 4.39 Å². The predicted octanol–water partition coefficient (Wildman–Crippen LogP) is 3.69. The molecule has 96 valence electrons. The molecule has 1 aromatic carbocycles. The van der Waals surface area contributed by atoms with Crippen LogP contribution in [0.4, 0.5) is 4.39 Å². The van der Waals surface area contributed by atoms with Crippen molar-refractivity contribution in [2.75, 3.05) is 6.54 Å². The highest BCUT2D eigenvalue weighted by Crippen LogP contribution is 2.43. The van der Waals surface area contributed by atoms with Gasteiger partial charge in [0.1, 0.15) is 5.82 Å². The van der Waals surface area contributed by atoms with Crippen molar-refractivity contribution in [3.05, 3.63) is 47.8 Å². The summed E-state index contributed by atoms with van der Waals surface area (Å²) in [4.78, 5) is 0. The van der Waals surface area contributed by atoms with Crippen molar-refractivity contribution in [3.63, 3.8) is 0 Å². The maximum absolute atomic E-state index is 12.9. The Labute approximate surface area is 108 Å². The minimum atomic E-state index is -0.163. The molecule has 18 heavy (non-hydrogen) atoms. The topological polar surface area (TPSA) is 12.0 Å². The first kappa shape index (κ1) is 11.9. The lowest BCUT2D eigenvalue weighted by atomic mass is 9.93. The highest BCUT2D eigenvalue weighted by atomic mass is 19.1. The number of benzene rings is 1. The third kappa shape index (κ3) is 2.35. The first-order valence-corrected chi connectivity index (χ1v) is 6.89. The number of hydrogen-bond donors (Lipinski definition) is 1. The van der Waals surface area contributed by atoms with Crippen molar-refractivity contribution in [2.24, 2.45) is 17.8 Å². The van der Waals surface area contributed by atoms with Gasteiger partial charge < -0.3 is 5.32 Å². The van der Waals surface area contributed by atoms with E-state index >= 15 is 0 Å². The molecule has 0 amide bonds. The lowest BCUT2D eigenvalue weighted by Gasteiger charge is -2.22. The van der Waals surface area contributed by atoms with Crippen LogP contribution in [0, 0.1) is 23.6 Å². The van der Waals surface area contributed by atoms with Crippen LogP contribution in [0.25, 0.3) is 0 Å². The molecule has 0 aliphatic heterocycles. The molecule has 1 saturated carbocycles. The summed E-state index contributed by atoms with van der Waals surface area (Å²) in [6.07, 6.45) is 7.47. The Balaban J connectivity index is 1.54. The molecular formula is C16H20FN. The first-order valence-electron chi connectivity index (χ1n) is 6.89. The molecule has 3 unspecified atom stereocenters. The lowest BCUT2D eigenvalue weighted by Crippen LogP contribution is -2.27. The Morgan fingerprint density at radius 2 is 2.00 bits per heavy atom. The fourth-order valence-corrected chi connectivity index (χ4v) is 3.33. The molecule has 1 nitrogen and oxygen atoms in total. The highest BCUT2D eigenvalue weighted by Gasteiger charge is 2.35. The molecule has 0 heterocycles. The number of rotatable bonds is 4. The molecule has 0 radical (unpaired) electrons. The maximum Gasteiger partial charge on any atom is 0.123 e. The largest absolute Gasteiger partial charge is 0.310 e. The van der Waals surface area contributed by atoms with Crippen LogP contribution in [0.5, 0.6) is 0 Å². The SMILES string of the molecule is C[C@@H](NCC1CC2C=CC1C2)c1ccc(F)cc1. The van der Waals surface area contributed by atoms with Gasteiger partial charge in [-0.05, 0) is 61.8 Å². The molecule has 2 aliphatic carbocycles. The second-order valence-electron chi connectivity index (χ2n) is 5.72. The van der Waals surface area contributed by atoms with Crippen LogP contribution in [-0.4, -0.2) is 6.54 Å². The van der Waals surface area contributed by atoms with Gasteiger partial charge in [-0.3, -0.25) is 0 Å². The van der Waals surface area contributed by atoms with Gasteiger partial charge in [0.15, 0.2) is 0 Å². The number of halogens is 1. The standard InChI is InChI=1S/C16H20FN/c1-11(13-4-6-16(17)7-5-13)18-10-15-9-12-2-3-14(15)8-12/h2-7,11-12,14-15,18H,8-10H2,1H3/t11-,12?,14?,15?/m1/s1. The molecule has 4 atom stereocenters. The van der Waals surface area contributed by atoms with Gasteiger partial charge >= 0.3 is 0 Å². The molecule has 0 aromatic heterocycles.